The van der Waals surface area contributed by atoms with Crippen molar-refractivity contribution in [2.45, 2.75) is 31.9 Å². The zero-order valence-corrected chi connectivity index (χ0v) is 19.5. The van der Waals surface area contributed by atoms with Crippen LogP contribution < -0.4 is 10.5 Å². The van der Waals surface area contributed by atoms with Crippen molar-refractivity contribution < 1.29 is 27.0 Å². The molecule has 5 nitrogen and oxygen atoms in total. The Bertz CT molecular complexity index is 1100. The molecule has 0 amide bonds. The number of alkyl halides is 3. The van der Waals surface area contributed by atoms with Gasteiger partial charge in [0.05, 0.1) is 5.56 Å². The third-order valence-electron chi connectivity index (χ3n) is 4.87. The fourth-order valence-corrected chi connectivity index (χ4v) is 3.75. The van der Waals surface area contributed by atoms with E-state index < -0.39 is 25.6 Å². The van der Waals surface area contributed by atoms with Crippen LogP contribution in [-0.4, -0.2) is 31.4 Å². The third-order valence-corrected chi connectivity index (χ3v) is 6.57. The number of halogens is 4. The van der Waals surface area contributed by atoms with E-state index in [0.717, 1.165) is 18.2 Å². The van der Waals surface area contributed by atoms with Crippen molar-refractivity contribution in [2.75, 3.05) is 19.1 Å². The normalized spacial score (nSPS) is 12.1. The van der Waals surface area contributed by atoms with E-state index >= 15 is 0 Å². The Morgan fingerprint density at radius 2 is 1.61 bits per heavy atom. The molecule has 0 fully saturated rings. The first-order valence-corrected chi connectivity index (χ1v) is 13.9. The first-order valence-electron chi connectivity index (χ1n) is 10.2. The summed E-state index contributed by atoms with van der Waals surface area (Å²) in [5, 5.41) is 0. The number of nitrogen functional groups attached to an aromatic ring is 1. The zero-order chi connectivity index (χ0) is 24.2. The fourth-order valence-electron chi connectivity index (χ4n) is 2.99. The molecule has 1 aromatic heterocycles. The van der Waals surface area contributed by atoms with Gasteiger partial charge in [0.15, 0.2) is 6.79 Å². The predicted molar refractivity (Wildman–Crippen MR) is 122 cm³/mol. The molecule has 0 radical (unpaired) electrons. The van der Waals surface area contributed by atoms with Crippen LogP contribution in [0.15, 0.2) is 48.8 Å². The molecule has 176 valence electrons. The summed E-state index contributed by atoms with van der Waals surface area (Å²) in [7, 11) is -1.31. The summed E-state index contributed by atoms with van der Waals surface area (Å²) in [5.41, 5.74) is 5.94. The second-order valence-corrected chi connectivity index (χ2v) is 14.3. The van der Waals surface area contributed by atoms with Crippen LogP contribution in [0.5, 0.6) is 5.75 Å². The van der Waals surface area contributed by atoms with Crippen LogP contribution in [-0.2, 0) is 10.9 Å². The molecule has 0 aliphatic heterocycles. The lowest BCUT2D eigenvalue weighted by molar-refractivity contribution is -0.137. The maximum absolute atomic E-state index is 14.9. The summed E-state index contributed by atoms with van der Waals surface area (Å²) in [6, 6.07) is 8.33. The maximum atomic E-state index is 14.9. The van der Waals surface area contributed by atoms with E-state index in [-0.39, 0.29) is 24.1 Å². The number of rotatable bonds is 8. The van der Waals surface area contributed by atoms with Crippen molar-refractivity contribution in [1.29, 1.82) is 0 Å². The van der Waals surface area contributed by atoms with Gasteiger partial charge >= 0.3 is 6.18 Å². The first-order chi connectivity index (χ1) is 15.4. The van der Waals surface area contributed by atoms with E-state index in [1.54, 1.807) is 6.07 Å². The standard InChI is InChI=1S/C23H25F4N3O2Si/c1-33(2,3)9-8-31-14-32-21-11-17(23(25,26)27)5-7-19(21)15-4-6-18(20(24)10-15)16-12-29-22(28)30-13-16/h4-7,10-13H,8-9,14H2,1-3H3,(H2,28,29,30). The van der Waals surface area contributed by atoms with Crippen LogP contribution in [0.2, 0.25) is 25.7 Å². The highest BCUT2D eigenvalue weighted by Gasteiger charge is 2.31. The number of anilines is 1. The molecule has 3 rings (SSSR count). The topological polar surface area (TPSA) is 70.3 Å². The highest BCUT2D eigenvalue weighted by Crippen LogP contribution is 2.38. The van der Waals surface area contributed by atoms with Crippen LogP contribution in [0.25, 0.3) is 22.3 Å². The van der Waals surface area contributed by atoms with Gasteiger partial charge in [0.2, 0.25) is 5.95 Å². The second-order valence-electron chi connectivity index (χ2n) is 8.71. The van der Waals surface area contributed by atoms with Crippen LogP contribution in [0.1, 0.15) is 5.56 Å². The van der Waals surface area contributed by atoms with Crippen molar-refractivity contribution >= 4 is 14.0 Å². The largest absolute Gasteiger partial charge is 0.467 e. The number of hydrogen-bond acceptors (Lipinski definition) is 5. The first kappa shape index (κ1) is 24.7. The summed E-state index contributed by atoms with van der Waals surface area (Å²) in [6.45, 7) is 6.82. The quantitative estimate of drug-likeness (QED) is 0.179. The number of nitrogens with two attached hydrogens (primary N) is 1. The molecule has 0 aliphatic carbocycles. The zero-order valence-electron chi connectivity index (χ0n) is 18.5. The van der Waals surface area contributed by atoms with Gasteiger partial charge in [-0.05, 0) is 29.8 Å². The lowest BCUT2D eigenvalue weighted by atomic mass is 9.99. The number of ether oxygens (including phenoxy) is 2. The molecular formula is C23H25F4N3O2Si. The average Bonchev–Trinajstić information content (AvgIpc) is 2.73. The van der Waals surface area contributed by atoms with Crippen molar-refractivity contribution in [1.82, 2.24) is 9.97 Å². The Morgan fingerprint density at radius 1 is 0.939 bits per heavy atom. The van der Waals surface area contributed by atoms with Gasteiger partial charge in [-0.25, -0.2) is 14.4 Å². The van der Waals surface area contributed by atoms with Crippen molar-refractivity contribution in [3.8, 4) is 28.0 Å². The number of benzene rings is 2. The fraction of sp³-hybridized carbons (Fsp3) is 0.304. The van der Waals surface area contributed by atoms with E-state index in [1.807, 2.05) is 0 Å². The molecule has 3 aromatic rings. The van der Waals surface area contributed by atoms with E-state index in [1.165, 1.54) is 30.6 Å². The number of aromatic nitrogens is 2. The lowest BCUT2D eigenvalue weighted by Gasteiger charge is -2.17. The smallest absolute Gasteiger partial charge is 0.416 e. The molecule has 1 heterocycles. The summed E-state index contributed by atoms with van der Waals surface area (Å²) in [5.74, 6) is -0.562. The van der Waals surface area contributed by atoms with Crippen LogP contribution in [0, 0.1) is 5.82 Å². The average molecular weight is 480 g/mol. The van der Waals surface area contributed by atoms with Gasteiger partial charge in [-0.1, -0.05) is 37.8 Å². The van der Waals surface area contributed by atoms with Crippen LogP contribution in [0.3, 0.4) is 0 Å². The minimum absolute atomic E-state index is 0.0409. The Morgan fingerprint density at radius 3 is 2.21 bits per heavy atom. The van der Waals surface area contributed by atoms with E-state index in [2.05, 4.69) is 29.6 Å². The van der Waals surface area contributed by atoms with Gasteiger partial charge in [-0.3, -0.25) is 0 Å². The Hall–Kier alpha value is -2.98. The molecule has 2 N–H and O–H groups in total. The third kappa shape index (κ3) is 6.75. The van der Waals surface area contributed by atoms with E-state index in [0.29, 0.717) is 23.3 Å². The Labute approximate surface area is 190 Å². The van der Waals surface area contributed by atoms with Gasteiger partial charge in [0, 0.05) is 43.8 Å². The van der Waals surface area contributed by atoms with Gasteiger partial charge < -0.3 is 15.2 Å². The van der Waals surface area contributed by atoms with Crippen LogP contribution in [0.4, 0.5) is 23.5 Å². The number of hydrogen-bond donors (Lipinski definition) is 1. The molecule has 0 atom stereocenters. The van der Waals surface area contributed by atoms with E-state index in [9.17, 15) is 17.6 Å². The lowest BCUT2D eigenvalue weighted by Crippen LogP contribution is -2.22. The Kier molecular flexibility index (Phi) is 7.38. The van der Waals surface area contributed by atoms with Gasteiger partial charge in [-0.2, -0.15) is 13.2 Å². The summed E-state index contributed by atoms with van der Waals surface area (Å²) < 4.78 is 65.6. The molecule has 10 heteroatoms. The van der Waals surface area contributed by atoms with Gasteiger partial charge in [0.25, 0.3) is 0 Å². The monoisotopic (exact) mass is 479 g/mol. The minimum atomic E-state index is -4.54. The highest BCUT2D eigenvalue weighted by molar-refractivity contribution is 6.76. The minimum Gasteiger partial charge on any atom is -0.467 e. The van der Waals surface area contributed by atoms with Gasteiger partial charge in [-0.15, -0.1) is 0 Å². The summed E-state index contributed by atoms with van der Waals surface area (Å²) >= 11 is 0. The predicted octanol–water partition coefficient (Wildman–Crippen LogP) is 6.24. The van der Waals surface area contributed by atoms with E-state index in [4.69, 9.17) is 15.2 Å². The van der Waals surface area contributed by atoms with Crippen LogP contribution >= 0.6 is 0 Å². The highest BCUT2D eigenvalue weighted by atomic mass is 28.3. The molecule has 0 aliphatic rings. The SMILES string of the molecule is C[Si](C)(C)CCOCOc1cc(C(F)(F)F)ccc1-c1ccc(-c2cnc(N)nc2)c(F)c1. The molecule has 0 bridgehead atoms. The number of nitrogens with zero attached hydrogens (tertiary/aromatic N) is 2. The Balaban J connectivity index is 1.87. The van der Waals surface area contributed by atoms with Crippen molar-refractivity contribution in [3.05, 3.63) is 60.2 Å². The summed E-state index contributed by atoms with van der Waals surface area (Å²) in [4.78, 5) is 7.70. The molecule has 0 unspecified atom stereocenters. The van der Waals surface area contributed by atoms with Crippen molar-refractivity contribution in [2.24, 2.45) is 0 Å². The molecule has 0 saturated heterocycles. The maximum Gasteiger partial charge on any atom is 0.416 e. The van der Waals surface area contributed by atoms with Crippen molar-refractivity contribution in [3.63, 3.8) is 0 Å². The summed E-state index contributed by atoms with van der Waals surface area (Å²) in [6.07, 6.45) is -1.75. The van der Waals surface area contributed by atoms with Gasteiger partial charge in [0.1, 0.15) is 11.6 Å². The molecule has 33 heavy (non-hydrogen) atoms. The molecule has 0 saturated carbocycles. The molecule has 2 aromatic carbocycles. The molecule has 0 spiro atoms. The second kappa shape index (κ2) is 9.88. The molecular weight excluding hydrogens is 454 g/mol.